The van der Waals surface area contributed by atoms with Gasteiger partial charge in [-0.2, -0.15) is 0 Å². The fourth-order valence-corrected chi connectivity index (χ4v) is 1.84. The summed E-state index contributed by atoms with van der Waals surface area (Å²) < 4.78 is 10.9. The Morgan fingerprint density at radius 1 is 1.17 bits per heavy atom. The fourth-order valence-electron chi connectivity index (χ4n) is 1.84. The summed E-state index contributed by atoms with van der Waals surface area (Å²) in [6, 6.07) is 0. The number of hydrogen-bond donors (Lipinski definition) is 0. The summed E-state index contributed by atoms with van der Waals surface area (Å²) in [6.07, 6.45) is 1.49. The van der Waals surface area contributed by atoms with Crippen LogP contribution >= 0.6 is 0 Å². The van der Waals surface area contributed by atoms with Gasteiger partial charge in [-0.1, -0.05) is 0 Å². The zero-order valence-electron chi connectivity index (χ0n) is 7.41. The molecule has 0 amide bonds. The lowest BCUT2D eigenvalue weighted by atomic mass is 10.0. The second-order valence-corrected chi connectivity index (χ2v) is 3.85. The van der Waals surface area contributed by atoms with E-state index in [1.807, 2.05) is 0 Å². The summed E-state index contributed by atoms with van der Waals surface area (Å²) >= 11 is 0. The first-order valence-electron chi connectivity index (χ1n) is 4.45. The van der Waals surface area contributed by atoms with Crippen LogP contribution in [0.1, 0.15) is 12.8 Å². The molecule has 0 radical (unpaired) electrons. The molecule has 4 heteroatoms. The molecule has 0 N–H and O–H groups in total. The zero-order chi connectivity index (χ0) is 8.66. The number of nitrogens with zero attached hydrogens (tertiary/aromatic N) is 1. The summed E-state index contributed by atoms with van der Waals surface area (Å²) in [4.78, 5) is 0. The van der Waals surface area contributed by atoms with Gasteiger partial charge in [0.15, 0.2) is 5.79 Å². The van der Waals surface area contributed by atoms with Gasteiger partial charge in [0.2, 0.25) is 0 Å². The highest BCUT2D eigenvalue weighted by Gasteiger charge is 2.42. The lowest BCUT2D eigenvalue weighted by molar-refractivity contribution is -0.870. The molecule has 1 spiro atoms. The van der Waals surface area contributed by atoms with Crippen LogP contribution in [0.25, 0.3) is 0 Å². The maximum absolute atomic E-state index is 11.5. The van der Waals surface area contributed by atoms with Crippen LogP contribution in [-0.4, -0.2) is 43.8 Å². The lowest BCUT2D eigenvalue weighted by Gasteiger charge is -2.46. The van der Waals surface area contributed by atoms with Crippen LogP contribution in [0.2, 0.25) is 0 Å². The molecule has 0 saturated carbocycles. The van der Waals surface area contributed by atoms with E-state index in [1.165, 1.54) is 0 Å². The van der Waals surface area contributed by atoms with Crippen molar-refractivity contribution in [3.8, 4) is 0 Å². The Morgan fingerprint density at radius 2 is 1.67 bits per heavy atom. The summed E-state index contributed by atoms with van der Waals surface area (Å²) in [5.41, 5.74) is 0. The topological polar surface area (TPSA) is 41.5 Å². The molecular weight excluding hydrogens is 158 g/mol. The van der Waals surface area contributed by atoms with E-state index in [1.54, 1.807) is 7.05 Å². The molecule has 0 aliphatic carbocycles. The molecule has 0 atom stereocenters. The number of hydroxylamine groups is 3. The van der Waals surface area contributed by atoms with Crippen LogP contribution < -0.4 is 0 Å². The molecule has 0 unspecified atom stereocenters. The van der Waals surface area contributed by atoms with E-state index in [0.717, 1.165) is 12.8 Å². The number of quaternary nitrogens is 1. The molecule has 2 fully saturated rings. The Kier molecular flexibility index (Phi) is 1.88. The number of likely N-dealkylation sites (tertiary alicyclic amines) is 1. The predicted molar refractivity (Wildman–Crippen MR) is 43.2 cm³/mol. The van der Waals surface area contributed by atoms with Crippen molar-refractivity contribution < 1.29 is 14.1 Å². The molecule has 2 saturated heterocycles. The molecule has 2 rings (SSSR count). The Bertz CT molecular complexity index is 163. The molecule has 2 aliphatic rings. The standard InChI is InChI=1S/C8H15NO3/c1-9(10)4-2-8(3-5-9)11-6-7-12-8/h2-7H2,1H3. The van der Waals surface area contributed by atoms with Gasteiger partial charge in [0.25, 0.3) is 0 Å². The van der Waals surface area contributed by atoms with Crippen molar-refractivity contribution in [1.29, 1.82) is 0 Å². The minimum absolute atomic E-state index is 0.144. The van der Waals surface area contributed by atoms with Gasteiger partial charge < -0.3 is 19.3 Å². The van der Waals surface area contributed by atoms with Gasteiger partial charge in [0.05, 0.1) is 46.2 Å². The van der Waals surface area contributed by atoms with E-state index >= 15 is 0 Å². The van der Waals surface area contributed by atoms with E-state index in [0.29, 0.717) is 26.3 Å². The average Bonchev–Trinajstić information content (AvgIpc) is 2.46. The fraction of sp³-hybridized carbons (Fsp3) is 1.00. The van der Waals surface area contributed by atoms with Gasteiger partial charge >= 0.3 is 0 Å². The summed E-state index contributed by atoms with van der Waals surface area (Å²) in [5, 5.41) is 11.5. The van der Waals surface area contributed by atoms with Crippen molar-refractivity contribution in [2.45, 2.75) is 18.6 Å². The third-order valence-electron chi connectivity index (χ3n) is 2.74. The van der Waals surface area contributed by atoms with Gasteiger partial charge in [-0.25, -0.2) is 0 Å². The van der Waals surface area contributed by atoms with Crippen LogP contribution in [0.3, 0.4) is 0 Å². The Morgan fingerprint density at radius 3 is 2.17 bits per heavy atom. The van der Waals surface area contributed by atoms with E-state index in [-0.39, 0.29) is 10.4 Å². The molecule has 0 aromatic carbocycles. The minimum Gasteiger partial charge on any atom is -0.633 e. The monoisotopic (exact) mass is 173 g/mol. The number of rotatable bonds is 0. The Balaban J connectivity index is 1.97. The van der Waals surface area contributed by atoms with Crippen LogP contribution in [0, 0.1) is 5.21 Å². The van der Waals surface area contributed by atoms with Crippen LogP contribution in [0.5, 0.6) is 0 Å². The predicted octanol–water partition coefficient (Wildman–Crippen LogP) is 0.468. The normalized spacial score (nSPS) is 32.5. The molecule has 70 valence electrons. The smallest absolute Gasteiger partial charge is 0.179 e. The average molecular weight is 173 g/mol. The maximum Gasteiger partial charge on any atom is 0.179 e. The highest BCUT2D eigenvalue weighted by molar-refractivity contribution is 4.77. The first-order chi connectivity index (χ1) is 5.62. The summed E-state index contributed by atoms with van der Waals surface area (Å²) in [6.45, 7) is 2.59. The molecule has 12 heavy (non-hydrogen) atoms. The largest absolute Gasteiger partial charge is 0.633 e. The van der Waals surface area contributed by atoms with Crippen molar-refractivity contribution in [2.75, 3.05) is 33.4 Å². The van der Waals surface area contributed by atoms with Gasteiger partial charge in [-0.05, 0) is 0 Å². The highest BCUT2D eigenvalue weighted by atomic mass is 16.7. The van der Waals surface area contributed by atoms with Crippen LogP contribution in [0.15, 0.2) is 0 Å². The molecular formula is C8H15NO3. The van der Waals surface area contributed by atoms with E-state index in [9.17, 15) is 5.21 Å². The van der Waals surface area contributed by atoms with Gasteiger partial charge in [-0.3, -0.25) is 0 Å². The summed E-state index contributed by atoms with van der Waals surface area (Å²) in [7, 11) is 1.71. The van der Waals surface area contributed by atoms with Crippen molar-refractivity contribution in [3.63, 3.8) is 0 Å². The Labute approximate surface area is 72.2 Å². The van der Waals surface area contributed by atoms with Crippen molar-refractivity contribution >= 4 is 0 Å². The molecule has 4 nitrogen and oxygen atoms in total. The van der Waals surface area contributed by atoms with Crippen molar-refractivity contribution in [1.82, 2.24) is 0 Å². The molecule has 0 bridgehead atoms. The van der Waals surface area contributed by atoms with E-state index in [2.05, 4.69) is 0 Å². The number of ether oxygens (including phenoxy) is 2. The first-order valence-corrected chi connectivity index (χ1v) is 4.45. The lowest BCUT2D eigenvalue weighted by Crippen LogP contribution is -2.51. The van der Waals surface area contributed by atoms with Crippen molar-refractivity contribution in [3.05, 3.63) is 5.21 Å². The second kappa shape index (κ2) is 2.67. The molecule has 2 heterocycles. The third kappa shape index (κ3) is 1.47. The van der Waals surface area contributed by atoms with Crippen LogP contribution in [0.4, 0.5) is 0 Å². The minimum atomic E-state index is -0.387. The first kappa shape index (κ1) is 8.44. The Hall–Kier alpha value is -0.160. The maximum atomic E-state index is 11.5. The number of piperidine rings is 1. The quantitative estimate of drug-likeness (QED) is 0.395. The molecule has 2 aliphatic heterocycles. The summed E-state index contributed by atoms with van der Waals surface area (Å²) in [5.74, 6) is -0.387. The van der Waals surface area contributed by atoms with Gasteiger partial charge in [-0.15, -0.1) is 0 Å². The highest BCUT2D eigenvalue weighted by Crippen LogP contribution is 2.32. The molecule has 0 aromatic heterocycles. The zero-order valence-corrected chi connectivity index (χ0v) is 7.41. The molecule has 0 aromatic rings. The van der Waals surface area contributed by atoms with Crippen molar-refractivity contribution in [2.24, 2.45) is 0 Å². The van der Waals surface area contributed by atoms with Gasteiger partial charge in [0.1, 0.15) is 0 Å². The SMILES string of the molecule is C[N+]1([O-])CCC2(CC1)OCCO2. The number of hydrogen-bond acceptors (Lipinski definition) is 3. The van der Waals surface area contributed by atoms with E-state index < -0.39 is 0 Å². The van der Waals surface area contributed by atoms with Gasteiger partial charge in [0, 0.05) is 0 Å². The van der Waals surface area contributed by atoms with Crippen LogP contribution in [-0.2, 0) is 9.47 Å². The second-order valence-electron chi connectivity index (χ2n) is 3.85. The van der Waals surface area contributed by atoms with E-state index in [4.69, 9.17) is 9.47 Å². The third-order valence-corrected chi connectivity index (χ3v) is 2.74.